The van der Waals surface area contributed by atoms with E-state index in [1.807, 2.05) is 19.1 Å². The first-order valence-corrected chi connectivity index (χ1v) is 11.3. The minimum absolute atomic E-state index is 0.0120. The molecule has 0 saturated carbocycles. The van der Waals surface area contributed by atoms with E-state index in [-0.39, 0.29) is 11.4 Å². The Morgan fingerprint density at radius 2 is 1.97 bits per heavy atom. The molecule has 0 aliphatic carbocycles. The molecule has 0 radical (unpaired) electrons. The van der Waals surface area contributed by atoms with Gasteiger partial charge in [0.25, 0.3) is 0 Å². The lowest BCUT2D eigenvalue weighted by Gasteiger charge is -2.40. The van der Waals surface area contributed by atoms with Crippen molar-refractivity contribution in [3.8, 4) is 0 Å². The molecule has 3 N–H and O–H groups in total. The zero-order valence-corrected chi connectivity index (χ0v) is 18.5. The number of aliphatic hydroxyl groups excluding tert-OH is 1. The van der Waals surface area contributed by atoms with Gasteiger partial charge in [-0.1, -0.05) is 36.4 Å². The lowest BCUT2D eigenvalue weighted by molar-refractivity contribution is -0.119. The molecule has 0 bridgehead atoms. The number of nitrogens with one attached hydrogen (secondary N) is 2. The Bertz CT molecular complexity index is 1050. The molecule has 1 aliphatic rings. The molecule has 1 fully saturated rings. The Morgan fingerprint density at radius 3 is 2.71 bits per heavy atom. The van der Waals surface area contributed by atoms with Crippen LogP contribution >= 0.6 is 0 Å². The number of aromatic nitrogens is 1. The number of aryl methyl sites for hydroxylation is 1. The molecule has 1 aromatic heterocycles. The van der Waals surface area contributed by atoms with Crippen LogP contribution in [0.15, 0.2) is 54.7 Å². The number of aliphatic hydroxyl groups is 1. The average molecular weight is 420 g/mol. The molecule has 164 valence electrons. The van der Waals surface area contributed by atoms with Crippen LogP contribution in [0.5, 0.6) is 0 Å². The molecule has 31 heavy (non-hydrogen) atoms. The molecule has 4 rings (SSSR count). The Balaban J connectivity index is 1.67. The number of hydrogen-bond donors (Lipinski definition) is 3. The van der Waals surface area contributed by atoms with Crippen molar-refractivity contribution in [3.63, 3.8) is 0 Å². The second-order valence-electron chi connectivity index (χ2n) is 8.84. The quantitative estimate of drug-likeness (QED) is 0.541. The summed E-state index contributed by atoms with van der Waals surface area (Å²) in [4.78, 5) is 11.4. The Kier molecular flexibility index (Phi) is 6.44. The molecule has 0 spiro atoms. The summed E-state index contributed by atoms with van der Waals surface area (Å²) < 4.78 is 2.48. The molecular formula is C26H33N3O2. The molecular weight excluding hydrogens is 386 g/mol. The molecule has 1 unspecified atom stereocenters. The van der Waals surface area contributed by atoms with E-state index in [2.05, 4.69) is 57.8 Å². The fourth-order valence-electron chi connectivity index (χ4n) is 4.96. The van der Waals surface area contributed by atoms with Crippen molar-refractivity contribution in [3.05, 3.63) is 71.4 Å². The van der Waals surface area contributed by atoms with E-state index < -0.39 is 6.10 Å². The summed E-state index contributed by atoms with van der Waals surface area (Å²) in [6.07, 6.45) is 5.89. The van der Waals surface area contributed by atoms with Crippen LogP contribution in [0.1, 0.15) is 55.9 Å². The maximum atomic E-state index is 11.4. The average Bonchev–Trinajstić information content (AvgIpc) is 3.21. The van der Waals surface area contributed by atoms with Gasteiger partial charge in [-0.05, 0) is 79.9 Å². The van der Waals surface area contributed by atoms with E-state index in [0.29, 0.717) is 6.54 Å². The van der Waals surface area contributed by atoms with Crippen LogP contribution in [0.3, 0.4) is 0 Å². The molecule has 1 amide bonds. The Hall–Kier alpha value is -2.63. The highest BCUT2D eigenvalue weighted by atomic mass is 16.3. The number of nitrogens with zero attached hydrogens (tertiary/aromatic N) is 1. The van der Waals surface area contributed by atoms with Crippen LogP contribution in [-0.2, 0) is 23.3 Å². The van der Waals surface area contributed by atoms with E-state index in [9.17, 15) is 9.90 Å². The summed E-state index contributed by atoms with van der Waals surface area (Å²) in [6.45, 7) is 5.95. The highest BCUT2D eigenvalue weighted by Gasteiger charge is 2.34. The van der Waals surface area contributed by atoms with Gasteiger partial charge in [-0.25, -0.2) is 0 Å². The van der Waals surface area contributed by atoms with Gasteiger partial charge in [0.2, 0.25) is 5.91 Å². The number of fused-ring (bicyclic) bond motifs is 1. The van der Waals surface area contributed by atoms with Crippen molar-refractivity contribution in [1.29, 1.82) is 0 Å². The third kappa shape index (κ3) is 4.68. The van der Waals surface area contributed by atoms with Gasteiger partial charge >= 0.3 is 0 Å². The third-order valence-electron chi connectivity index (χ3n) is 6.71. The van der Waals surface area contributed by atoms with Gasteiger partial charge in [-0.15, -0.1) is 0 Å². The monoisotopic (exact) mass is 419 g/mol. The minimum atomic E-state index is -0.455. The summed E-state index contributed by atoms with van der Waals surface area (Å²) in [7, 11) is 0. The number of carbonyl (C=O) groups is 1. The van der Waals surface area contributed by atoms with Gasteiger partial charge in [0.15, 0.2) is 0 Å². The molecule has 1 saturated heterocycles. The van der Waals surface area contributed by atoms with Gasteiger partial charge in [-0.3, -0.25) is 4.79 Å². The molecule has 1 atom stereocenters. The summed E-state index contributed by atoms with van der Waals surface area (Å²) in [5, 5.41) is 17.9. The van der Waals surface area contributed by atoms with Crippen LogP contribution in [0.2, 0.25) is 0 Å². The van der Waals surface area contributed by atoms with E-state index in [1.165, 1.54) is 16.5 Å². The maximum absolute atomic E-state index is 11.4. The lowest BCUT2D eigenvalue weighted by atomic mass is 9.81. The minimum Gasteiger partial charge on any atom is -0.389 e. The number of carbonyl (C=O) groups excluding carboxylic acids is 1. The van der Waals surface area contributed by atoms with Crippen molar-refractivity contribution in [1.82, 2.24) is 15.2 Å². The molecule has 5 nitrogen and oxygen atoms in total. The standard InChI is InChI=1S/C26H33N3O2/c1-19(30)24-6-4-3-5-22(24)9-11-26(12-14-27-15-13-26)29-16-10-23-8-7-21(17-25(23)29)18-28-20(2)31/h3-8,10,16-17,19,27,30H,9,11-15,18H2,1-2H3,(H,28,31). The molecule has 5 heteroatoms. The number of benzene rings is 2. The largest absolute Gasteiger partial charge is 0.389 e. The first kappa shape index (κ1) is 21.6. The predicted molar refractivity (Wildman–Crippen MR) is 125 cm³/mol. The normalized spacial score (nSPS) is 16.9. The summed E-state index contributed by atoms with van der Waals surface area (Å²) in [5.74, 6) is -0.0120. The molecule has 2 heterocycles. The maximum Gasteiger partial charge on any atom is 0.217 e. The van der Waals surface area contributed by atoms with Crippen LogP contribution in [0.4, 0.5) is 0 Å². The SMILES string of the molecule is CC(=O)NCc1ccc2ccn(C3(CCc4ccccc4C(C)O)CCNCC3)c2c1. The zero-order chi connectivity index (χ0) is 21.8. The Labute approximate surface area is 184 Å². The van der Waals surface area contributed by atoms with Crippen molar-refractivity contribution in [2.45, 2.75) is 57.7 Å². The van der Waals surface area contributed by atoms with E-state index in [4.69, 9.17) is 0 Å². The second-order valence-corrected chi connectivity index (χ2v) is 8.84. The fourth-order valence-corrected chi connectivity index (χ4v) is 4.96. The van der Waals surface area contributed by atoms with Gasteiger partial charge in [-0.2, -0.15) is 0 Å². The van der Waals surface area contributed by atoms with E-state index in [1.54, 1.807) is 6.92 Å². The molecule has 1 aliphatic heterocycles. The van der Waals surface area contributed by atoms with Crippen molar-refractivity contribution in [2.24, 2.45) is 0 Å². The van der Waals surface area contributed by atoms with Crippen LogP contribution in [0, 0.1) is 0 Å². The lowest BCUT2D eigenvalue weighted by Crippen LogP contribution is -2.44. The highest BCUT2D eigenvalue weighted by Crippen LogP contribution is 2.37. The highest BCUT2D eigenvalue weighted by molar-refractivity contribution is 5.81. The van der Waals surface area contributed by atoms with E-state index >= 15 is 0 Å². The van der Waals surface area contributed by atoms with Crippen LogP contribution < -0.4 is 10.6 Å². The fraction of sp³-hybridized carbons (Fsp3) is 0.423. The number of amides is 1. The summed E-state index contributed by atoms with van der Waals surface area (Å²) in [5.41, 5.74) is 4.64. The van der Waals surface area contributed by atoms with Gasteiger partial charge in [0.1, 0.15) is 0 Å². The molecule has 2 aromatic carbocycles. The smallest absolute Gasteiger partial charge is 0.217 e. The van der Waals surface area contributed by atoms with Crippen LogP contribution in [-0.4, -0.2) is 28.7 Å². The van der Waals surface area contributed by atoms with Crippen molar-refractivity contribution < 1.29 is 9.90 Å². The van der Waals surface area contributed by atoms with Gasteiger partial charge in [0, 0.05) is 30.7 Å². The number of hydrogen-bond acceptors (Lipinski definition) is 3. The summed E-state index contributed by atoms with van der Waals surface area (Å²) >= 11 is 0. The van der Waals surface area contributed by atoms with Gasteiger partial charge in [0.05, 0.1) is 6.10 Å². The third-order valence-corrected chi connectivity index (χ3v) is 6.71. The first-order valence-electron chi connectivity index (χ1n) is 11.3. The topological polar surface area (TPSA) is 66.3 Å². The zero-order valence-electron chi connectivity index (χ0n) is 18.5. The number of rotatable bonds is 7. The summed E-state index contributed by atoms with van der Waals surface area (Å²) in [6, 6.07) is 16.9. The second kappa shape index (κ2) is 9.25. The Morgan fingerprint density at radius 1 is 1.19 bits per heavy atom. The molecule has 3 aromatic rings. The van der Waals surface area contributed by atoms with E-state index in [0.717, 1.165) is 49.9 Å². The predicted octanol–water partition coefficient (Wildman–Crippen LogP) is 4.04. The first-order chi connectivity index (χ1) is 15.0. The van der Waals surface area contributed by atoms with Crippen molar-refractivity contribution >= 4 is 16.8 Å². The van der Waals surface area contributed by atoms with Crippen LogP contribution in [0.25, 0.3) is 10.9 Å². The van der Waals surface area contributed by atoms with Crippen molar-refractivity contribution in [2.75, 3.05) is 13.1 Å². The number of piperidine rings is 1. The van der Waals surface area contributed by atoms with Gasteiger partial charge < -0.3 is 20.3 Å².